The first kappa shape index (κ1) is 15.8. The molecule has 0 heterocycles. The zero-order chi connectivity index (χ0) is 15.3. The number of rotatable bonds is 6. The quantitative estimate of drug-likeness (QED) is 0.831. The van der Waals surface area contributed by atoms with Gasteiger partial charge in [-0.15, -0.1) is 11.6 Å². The van der Waals surface area contributed by atoms with Gasteiger partial charge in [-0.05, 0) is 29.8 Å². The van der Waals surface area contributed by atoms with Crippen molar-refractivity contribution in [3.8, 4) is 5.75 Å². The molecule has 0 aliphatic rings. The Morgan fingerprint density at radius 1 is 1.10 bits per heavy atom. The van der Waals surface area contributed by atoms with Crippen LogP contribution >= 0.6 is 11.6 Å². The van der Waals surface area contributed by atoms with Gasteiger partial charge in [0, 0.05) is 5.88 Å². The van der Waals surface area contributed by atoms with E-state index < -0.39 is 16.1 Å². The average molecular weight is 326 g/mol. The molecule has 0 spiro atoms. The maximum Gasteiger partial charge on any atom is 0.241 e. The molecule has 6 heteroatoms. The molecule has 0 aliphatic heterocycles. The number of hydrogen-bond acceptors (Lipinski definition) is 3. The van der Waals surface area contributed by atoms with Crippen LogP contribution in [0.3, 0.4) is 0 Å². The lowest BCUT2D eigenvalue weighted by Crippen LogP contribution is -2.29. The van der Waals surface area contributed by atoms with Crippen LogP contribution in [-0.4, -0.2) is 21.4 Å². The maximum absolute atomic E-state index is 12.4. The Morgan fingerprint density at radius 2 is 1.71 bits per heavy atom. The van der Waals surface area contributed by atoms with Crippen molar-refractivity contribution in [2.24, 2.45) is 0 Å². The lowest BCUT2D eigenvalue weighted by molar-refractivity contribution is 0.414. The highest BCUT2D eigenvalue weighted by atomic mass is 35.5. The first-order valence-electron chi connectivity index (χ1n) is 6.34. The number of hydrogen-bond donors (Lipinski definition) is 1. The first-order valence-corrected chi connectivity index (χ1v) is 8.36. The van der Waals surface area contributed by atoms with Crippen LogP contribution in [0.1, 0.15) is 11.6 Å². The van der Waals surface area contributed by atoms with Gasteiger partial charge < -0.3 is 4.74 Å². The second-order valence-electron chi connectivity index (χ2n) is 4.41. The molecule has 2 aromatic carbocycles. The summed E-state index contributed by atoms with van der Waals surface area (Å²) in [4.78, 5) is 0.175. The predicted octanol–water partition coefficient (Wildman–Crippen LogP) is 2.95. The Morgan fingerprint density at radius 3 is 2.24 bits per heavy atom. The molecule has 1 N–H and O–H groups in total. The van der Waals surface area contributed by atoms with E-state index in [1.165, 1.54) is 19.2 Å². The Hall–Kier alpha value is -1.56. The normalized spacial score (nSPS) is 12.9. The topological polar surface area (TPSA) is 55.4 Å². The number of ether oxygens (including phenoxy) is 1. The summed E-state index contributed by atoms with van der Waals surface area (Å²) in [6.45, 7) is 0. The van der Waals surface area contributed by atoms with Crippen LogP contribution in [0.25, 0.3) is 0 Å². The van der Waals surface area contributed by atoms with E-state index in [1.807, 2.05) is 30.3 Å². The molecule has 0 aromatic heterocycles. The second-order valence-corrected chi connectivity index (χ2v) is 6.44. The Balaban J connectivity index is 2.22. The maximum atomic E-state index is 12.4. The number of benzene rings is 2. The van der Waals surface area contributed by atoms with Gasteiger partial charge in [0.15, 0.2) is 0 Å². The van der Waals surface area contributed by atoms with Crippen LogP contribution in [0.15, 0.2) is 59.5 Å². The van der Waals surface area contributed by atoms with Crippen LogP contribution in [0.5, 0.6) is 5.75 Å². The minimum absolute atomic E-state index is 0.152. The molecule has 0 aliphatic carbocycles. The van der Waals surface area contributed by atoms with Crippen molar-refractivity contribution >= 4 is 21.6 Å². The van der Waals surface area contributed by atoms with E-state index in [9.17, 15) is 8.42 Å². The molecule has 0 bridgehead atoms. The van der Waals surface area contributed by atoms with Crippen molar-refractivity contribution in [2.75, 3.05) is 13.0 Å². The summed E-state index contributed by atoms with van der Waals surface area (Å²) >= 11 is 5.90. The summed E-state index contributed by atoms with van der Waals surface area (Å²) < 4.78 is 32.4. The molecule has 2 aromatic rings. The smallest absolute Gasteiger partial charge is 0.241 e. The van der Waals surface area contributed by atoms with E-state index in [0.717, 1.165) is 5.56 Å². The third-order valence-corrected chi connectivity index (χ3v) is 4.82. The van der Waals surface area contributed by atoms with E-state index >= 15 is 0 Å². The molecule has 1 atom stereocenters. The molecule has 0 fully saturated rings. The molecule has 21 heavy (non-hydrogen) atoms. The minimum Gasteiger partial charge on any atom is -0.497 e. The average Bonchev–Trinajstić information content (AvgIpc) is 2.53. The third kappa shape index (κ3) is 3.97. The number of halogens is 1. The third-order valence-electron chi connectivity index (χ3n) is 3.02. The fourth-order valence-electron chi connectivity index (χ4n) is 1.88. The van der Waals surface area contributed by atoms with Crippen molar-refractivity contribution in [2.45, 2.75) is 10.9 Å². The SMILES string of the molecule is COc1ccc(S(=O)(=O)NC(CCl)c2ccccc2)cc1. The van der Waals surface area contributed by atoms with Crippen molar-refractivity contribution < 1.29 is 13.2 Å². The van der Waals surface area contributed by atoms with Gasteiger partial charge in [0.2, 0.25) is 10.0 Å². The molecule has 112 valence electrons. The van der Waals surface area contributed by atoms with Crippen LogP contribution in [0.2, 0.25) is 0 Å². The van der Waals surface area contributed by atoms with Gasteiger partial charge in [-0.1, -0.05) is 30.3 Å². The number of nitrogens with one attached hydrogen (secondary N) is 1. The number of methoxy groups -OCH3 is 1. The molecular weight excluding hydrogens is 310 g/mol. The summed E-state index contributed by atoms with van der Waals surface area (Å²) in [5.74, 6) is 0.755. The zero-order valence-electron chi connectivity index (χ0n) is 11.5. The lowest BCUT2D eigenvalue weighted by Gasteiger charge is -2.16. The zero-order valence-corrected chi connectivity index (χ0v) is 13.1. The summed E-state index contributed by atoms with van der Waals surface area (Å²) in [5.41, 5.74) is 0.824. The highest BCUT2D eigenvalue weighted by Crippen LogP contribution is 2.20. The van der Waals surface area contributed by atoms with Crippen molar-refractivity contribution in [1.29, 1.82) is 0 Å². The van der Waals surface area contributed by atoms with Crippen LogP contribution in [0, 0.1) is 0 Å². The van der Waals surface area contributed by atoms with E-state index in [-0.39, 0.29) is 10.8 Å². The van der Waals surface area contributed by atoms with Crippen LogP contribution in [-0.2, 0) is 10.0 Å². The van der Waals surface area contributed by atoms with E-state index in [2.05, 4.69) is 4.72 Å². The molecular formula is C15H16ClNO3S. The van der Waals surface area contributed by atoms with Gasteiger partial charge in [-0.2, -0.15) is 0 Å². The largest absolute Gasteiger partial charge is 0.497 e. The highest BCUT2D eigenvalue weighted by Gasteiger charge is 2.20. The Bertz CT molecular complexity index is 672. The van der Waals surface area contributed by atoms with Crippen LogP contribution < -0.4 is 9.46 Å². The number of alkyl halides is 1. The van der Waals surface area contributed by atoms with E-state index in [1.54, 1.807) is 12.1 Å². The van der Waals surface area contributed by atoms with E-state index in [4.69, 9.17) is 16.3 Å². The molecule has 2 rings (SSSR count). The fourth-order valence-corrected chi connectivity index (χ4v) is 3.46. The summed E-state index contributed by atoms with van der Waals surface area (Å²) in [6.07, 6.45) is 0. The summed E-state index contributed by atoms with van der Waals surface area (Å²) in [7, 11) is -2.11. The van der Waals surface area contributed by atoms with Crippen molar-refractivity contribution in [3.63, 3.8) is 0 Å². The predicted molar refractivity (Wildman–Crippen MR) is 83.2 cm³/mol. The molecule has 0 saturated carbocycles. The lowest BCUT2D eigenvalue weighted by atomic mass is 10.1. The molecule has 0 saturated heterocycles. The Labute approximate surface area is 129 Å². The first-order chi connectivity index (χ1) is 10.1. The van der Waals surface area contributed by atoms with Crippen molar-refractivity contribution in [3.05, 3.63) is 60.2 Å². The second kappa shape index (κ2) is 6.93. The monoisotopic (exact) mass is 325 g/mol. The highest BCUT2D eigenvalue weighted by molar-refractivity contribution is 7.89. The Kier molecular flexibility index (Phi) is 5.22. The number of sulfonamides is 1. The molecule has 0 amide bonds. The molecule has 0 radical (unpaired) electrons. The standard InChI is InChI=1S/C15H16ClNO3S/c1-20-13-7-9-14(10-8-13)21(18,19)17-15(11-16)12-5-3-2-4-6-12/h2-10,15,17H,11H2,1H3. The van der Waals surface area contributed by atoms with Gasteiger partial charge in [-0.3, -0.25) is 0 Å². The fraction of sp³-hybridized carbons (Fsp3) is 0.200. The summed E-state index contributed by atoms with van der Waals surface area (Å²) in [5, 5.41) is 0. The molecule has 4 nitrogen and oxygen atoms in total. The van der Waals surface area contributed by atoms with Gasteiger partial charge in [0.05, 0.1) is 18.0 Å². The van der Waals surface area contributed by atoms with Gasteiger partial charge >= 0.3 is 0 Å². The van der Waals surface area contributed by atoms with Gasteiger partial charge in [0.1, 0.15) is 5.75 Å². The van der Waals surface area contributed by atoms with Gasteiger partial charge in [-0.25, -0.2) is 13.1 Å². The minimum atomic E-state index is -3.63. The summed E-state index contributed by atoms with van der Waals surface area (Å²) in [6, 6.07) is 15.0. The van der Waals surface area contributed by atoms with Crippen LogP contribution in [0.4, 0.5) is 0 Å². The van der Waals surface area contributed by atoms with E-state index in [0.29, 0.717) is 5.75 Å². The molecule has 1 unspecified atom stereocenters. The van der Waals surface area contributed by atoms with Crippen molar-refractivity contribution in [1.82, 2.24) is 4.72 Å². The van der Waals surface area contributed by atoms with Gasteiger partial charge in [0.25, 0.3) is 0 Å².